The summed E-state index contributed by atoms with van der Waals surface area (Å²) in [6.07, 6.45) is 2.26. The molecule has 2 atom stereocenters. The van der Waals surface area contributed by atoms with E-state index in [0.717, 1.165) is 5.56 Å². The molecule has 0 bridgehead atoms. The van der Waals surface area contributed by atoms with Crippen molar-refractivity contribution in [2.45, 2.75) is 31.6 Å². The molecule has 140 valence electrons. The molecular weight excluding hydrogens is 364 g/mol. The van der Waals surface area contributed by atoms with Gasteiger partial charge in [0.15, 0.2) is 0 Å². The van der Waals surface area contributed by atoms with Crippen LogP contribution in [0.3, 0.4) is 0 Å². The molecular formula is C22H21ClO4. The van der Waals surface area contributed by atoms with Crippen molar-refractivity contribution in [3.05, 3.63) is 82.4 Å². The Bertz CT molecular complexity index is 888. The highest BCUT2D eigenvalue weighted by molar-refractivity contribution is 6.30. The van der Waals surface area contributed by atoms with Crippen molar-refractivity contribution < 1.29 is 19.8 Å². The predicted molar refractivity (Wildman–Crippen MR) is 104 cm³/mol. The smallest absolute Gasteiger partial charge is 0.314 e. The molecule has 0 radical (unpaired) electrons. The van der Waals surface area contributed by atoms with Crippen LogP contribution < -0.4 is 0 Å². The molecule has 0 fully saturated rings. The molecule has 0 aromatic heterocycles. The fraction of sp³-hybridized carbons (Fsp3) is 0.273. The van der Waals surface area contributed by atoms with Crippen LogP contribution in [0.2, 0.25) is 5.02 Å². The highest BCUT2D eigenvalue weighted by Gasteiger charge is 2.54. The van der Waals surface area contributed by atoms with Crippen molar-refractivity contribution in [1.29, 1.82) is 0 Å². The molecule has 0 amide bonds. The maximum absolute atomic E-state index is 12.4. The summed E-state index contributed by atoms with van der Waals surface area (Å²) in [7, 11) is 0. The minimum Gasteiger partial charge on any atom is -0.481 e. The Morgan fingerprint density at radius 1 is 1.00 bits per heavy atom. The first kappa shape index (κ1) is 19.2. The summed E-state index contributed by atoms with van der Waals surface area (Å²) in [5.74, 6) is -2.01. The Kier molecular flexibility index (Phi) is 5.11. The van der Waals surface area contributed by atoms with Crippen molar-refractivity contribution in [3.8, 4) is 0 Å². The summed E-state index contributed by atoms with van der Waals surface area (Å²) in [5.41, 5.74) is -0.434. The number of hydrogen-bond donors (Lipinski definition) is 2. The van der Waals surface area contributed by atoms with Gasteiger partial charge in [-0.3, -0.25) is 9.59 Å². The molecule has 3 rings (SSSR count). The minimum absolute atomic E-state index is 0.000357. The van der Waals surface area contributed by atoms with Crippen LogP contribution in [0, 0.1) is 5.41 Å². The first-order valence-corrected chi connectivity index (χ1v) is 9.12. The third-order valence-electron chi connectivity index (χ3n) is 5.68. The number of hydrogen-bond acceptors (Lipinski definition) is 2. The number of carboxylic acid groups (broad SMARTS) is 2. The van der Waals surface area contributed by atoms with Gasteiger partial charge >= 0.3 is 11.9 Å². The molecule has 0 spiro atoms. The lowest BCUT2D eigenvalue weighted by molar-refractivity contribution is -0.152. The van der Waals surface area contributed by atoms with E-state index >= 15 is 0 Å². The van der Waals surface area contributed by atoms with Gasteiger partial charge in [0.25, 0.3) is 0 Å². The Balaban J connectivity index is 2.11. The number of carbonyl (C=O) groups is 2. The maximum atomic E-state index is 12.4. The highest BCUT2D eigenvalue weighted by Crippen LogP contribution is 2.50. The van der Waals surface area contributed by atoms with Gasteiger partial charge < -0.3 is 10.2 Å². The number of benzene rings is 2. The van der Waals surface area contributed by atoms with Gasteiger partial charge in [0.2, 0.25) is 0 Å². The lowest BCUT2D eigenvalue weighted by atomic mass is 9.58. The fourth-order valence-electron chi connectivity index (χ4n) is 3.99. The molecule has 2 aromatic rings. The SMILES string of the molecule is CC1=CCC(C(=O)O)(c2ccccc2)CC1(Cc1ccc(Cl)cc1)C(=O)O. The molecule has 0 saturated carbocycles. The third-order valence-corrected chi connectivity index (χ3v) is 5.93. The van der Waals surface area contributed by atoms with Crippen molar-refractivity contribution in [3.63, 3.8) is 0 Å². The Labute approximate surface area is 163 Å². The fourth-order valence-corrected chi connectivity index (χ4v) is 4.11. The lowest BCUT2D eigenvalue weighted by Gasteiger charge is -2.43. The topological polar surface area (TPSA) is 74.6 Å². The van der Waals surface area contributed by atoms with E-state index in [0.29, 0.717) is 16.2 Å². The van der Waals surface area contributed by atoms with Gasteiger partial charge in [0.05, 0.1) is 10.8 Å². The molecule has 5 heteroatoms. The Hall–Kier alpha value is -2.59. The summed E-state index contributed by atoms with van der Waals surface area (Å²) in [6.45, 7) is 1.78. The van der Waals surface area contributed by atoms with Crippen molar-refractivity contribution in [2.75, 3.05) is 0 Å². The maximum Gasteiger partial charge on any atom is 0.314 e. The number of carboxylic acids is 2. The van der Waals surface area contributed by atoms with E-state index in [1.807, 2.05) is 6.07 Å². The van der Waals surface area contributed by atoms with Gasteiger partial charge in [-0.15, -0.1) is 0 Å². The zero-order valence-corrected chi connectivity index (χ0v) is 15.7. The van der Waals surface area contributed by atoms with Gasteiger partial charge in [-0.25, -0.2) is 0 Å². The van der Waals surface area contributed by atoms with Gasteiger partial charge in [0.1, 0.15) is 0 Å². The zero-order valence-electron chi connectivity index (χ0n) is 15.0. The molecule has 4 nitrogen and oxygen atoms in total. The Morgan fingerprint density at radius 2 is 1.63 bits per heavy atom. The van der Waals surface area contributed by atoms with Gasteiger partial charge in [-0.1, -0.05) is 65.7 Å². The summed E-state index contributed by atoms with van der Waals surface area (Å²) in [6, 6.07) is 15.9. The van der Waals surface area contributed by atoms with Gasteiger partial charge in [-0.05, 0) is 49.4 Å². The monoisotopic (exact) mass is 384 g/mol. The van der Waals surface area contributed by atoms with Crippen LogP contribution in [0.25, 0.3) is 0 Å². The van der Waals surface area contributed by atoms with Crippen LogP contribution in [0.1, 0.15) is 30.9 Å². The van der Waals surface area contributed by atoms with Crippen molar-refractivity contribution >= 4 is 23.5 Å². The Morgan fingerprint density at radius 3 is 2.19 bits per heavy atom. The first-order chi connectivity index (χ1) is 12.8. The summed E-state index contributed by atoms with van der Waals surface area (Å²) in [5, 5.41) is 20.9. The van der Waals surface area contributed by atoms with Gasteiger partial charge in [-0.2, -0.15) is 0 Å². The van der Waals surface area contributed by atoms with E-state index in [2.05, 4.69) is 0 Å². The van der Waals surface area contributed by atoms with E-state index in [1.165, 1.54) is 0 Å². The second-order valence-electron chi connectivity index (χ2n) is 7.21. The molecule has 2 aromatic carbocycles. The van der Waals surface area contributed by atoms with E-state index in [9.17, 15) is 19.8 Å². The summed E-state index contributed by atoms with van der Waals surface area (Å²) >= 11 is 5.94. The van der Waals surface area contributed by atoms with Crippen LogP contribution >= 0.6 is 11.6 Å². The number of rotatable bonds is 5. The number of aliphatic carboxylic acids is 2. The van der Waals surface area contributed by atoms with Crippen molar-refractivity contribution in [1.82, 2.24) is 0 Å². The molecule has 2 N–H and O–H groups in total. The largest absolute Gasteiger partial charge is 0.481 e. The quantitative estimate of drug-likeness (QED) is 0.731. The van der Waals surface area contributed by atoms with Crippen LogP contribution in [0.4, 0.5) is 0 Å². The lowest BCUT2D eigenvalue weighted by Crippen LogP contribution is -2.49. The third kappa shape index (κ3) is 3.37. The molecule has 0 heterocycles. The van der Waals surface area contributed by atoms with E-state index < -0.39 is 22.8 Å². The first-order valence-electron chi connectivity index (χ1n) is 8.74. The van der Waals surface area contributed by atoms with Crippen LogP contribution in [-0.4, -0.2) is 22.2 Å². The normalized spacial score (nSPS) is 24.9. The summed E-state index contributed by atoms with van der Waals surface area (Å²) < 4.78 is 0. The molecule has 0 aliphatic heterocycles. The highest BCUT2D eigenvalue weighted by atomic mass is 35.5. The van der Waals surface area contributed by atoms with Crippen LogP contribution in [0.15, 0.2) is 66.2 Å². The number of allylic oxidation sites excluding steroid dienone is 1. The van der Waals surface area contributed by atoms with Crippen LogP contribution in [-0.2, 0) is 21.4 Å². The zero-order chi connectivity index (χ0) is 19.7. The van der Waals surface area contributed by atoms with Crippen molar-refractivity contribution in [2.24, 2.45) is 5.41 Å². The van der Waals surface area contributed by atoms with E-state index in [4.69, 9.17) is 11.6 Å². The van der Waals surface area contributed by atoms with Gasteiger partial charge in [0, 0.05) is 5.02 Å². The average molecular weight is 385 g/mol. The molecule has 27 heavy (non-hydrogen) atoms. The van der Waals surface area contributed by atoms with E-state index in [-0.39, 0.29) is 19.3 Å². The molecule has 0 saturated heterocycles. The summed E-state index contributed by atoms with van der Waals surface area (Å²) in [4.78, 5) is 24.8. The second kappa shape index (κ2) is 7.20. The van der Waals surface area contributed by atoms with Crippen LogP contribution in [0.5, 0.6) is 0 Å². The standard InChI is InChI=1S/C22H21ClO4/c1-15-11-12-21(19(24)25,17-5-3-2-4-6-17)14-22(15,20(26)27)13-16-7-9-18(23)10-8-16/h2-11H,12-14H2,1H3,(H,24,25)(H,26,27). The molecule has 1 aliphatic carbocycles. The van der Waals surface area contributed by atoms with E-state index in [1.54, 1.807) is 61.5 Å². The average Bonchev–Trinajstić information content (AvgIpc) is 2.66. The molecule has 2 unspecified atom stereocenters. The predicted octanol–water partition coefficient (Wildman–Crippen LogP) is 4.72. The minimum atomic E-state index is -1.29. The number of halogens is 1. The molecule has 1 aliphatic rings. The second-order valence-corrected chi connectivity index (χ2v) is 7.65.